The van der Waals surface area contributed by atoms with Crippen molar-refractivity contribution in [2.75, 3.05) is 6.61 Å². The van der Waals surface area contributed by atoms with Crippen LogP contribution < -0.4 is 0 Å². The second kappa shape index (κ2) is 5.28. The number of aliphatic carboxylic acids is 1. The van der Waals surface area contributed by atoms with Crippen LogP contribution in [0, 0.1) is 5.41 Å². The van der Waals surface area contributed by atoms with Gasteiger partial charge < -0.3 is 14.3 Å². The van der Waals surface area contributed by atoms with Gasteiger partial charge in [0.05, 0.1) is 18.4 Å². The summed E-state index contributed by atoms with van der Waals surface area (Å²) in [5.41, 5.74) is -0.395. The number of hydrogen-bond donors (Lipinski definition) is 1. The van der Waals surface area contributed by atoms with E-state index in [1.54, 1.807) is 0 Å². The second-order valence-corrected chi connectivity index (χ2v) is 5.92. The second-order valence-electron chi connectivity index (χ2n) is 5.92. The van der Waals surface area contributed by atoms with Crippen LogP contribution in [0.4, 0.5) is 0 Å². The van der Waals surface area contributed by atoms with Crippen molar-refractivity contribution >= 4 is 5.97 Å². The van der Waals surface area contributed by atoms with E-state index >= 15 is 0 Å². The normalized spacial score (nSPS) is 23.7. The van der Waals surface area contributed by atoms with Gasteiger partial charge in [0, 0.05) is 13.0 Å². The van der Waals surface area contributed by atoms with E-state index in [2.05, 4.69) is 10.2 Å². The third kappa shape index (κ3) is 3.53. The summed E-state index contributed by atoms with van der Waals surface area (Å²) < 4.78 is 11.1. The van der Waals surface area contributed by atoms with Crippen molar-refractivity contribution in [3.05, 3.63) is 11.8 Å². The summed E-state index contributed by atoms with van der Waals surface area (Å²) in [6, 6.07) is 0. The monoisotopic (exact) mass is 268 g/mol. The third-order valence-electron chi connectivity index (χ3n) is 3.44. The van der Waals surface area contributed by atoms with E-state index in [9.17, 15) is 4.79 Å². The van der Waals surface area contributed by atoms with Crippen molar-refractivity contribution in [3.63, 3.8) is 0 Å². The molecule has 0 spiro atoms. The number of rotatable bonds is 5. The first-order valence-electron chi connectivity index (χ1n) is 6.53. The fourth-order valence-corrected chi connectivity index (χ4v) is 2.43. The van der Waals surface area contributed by atoms with Gasteiger partial charge in [0.2, 0.25) is 11.8 Å². The Morgan fingerprint density at radius 1 is 1.47 bits per heavy atom. The van der Waals surface area contributed by atoms with Crippen LogP contribution in [0.15, 0.2) is 4.42 Å². The van der Waals surface area contributed by atoms with Gasteiger partial charge in [0.15, 0.2) is 0 Å². The minimum absolute atomic E-state index is 0.0770. The fraction of sp³-hybridized carbons (Fsp3) is 0.769. The lowest BCUT2D eigenvalue weighted by Gasteiger charge is -2.19. The highest BCUT2D eigenvalue weighted by molar-refractivity contribution is 5.67. The predicted octanol–water partition coefficient (Wildman–Crippen LogP) is 2.01. The van der Waals surface area contributed by atoms with Gasteiger partial charge in [0.25, 0.3) is 0 Å². The number of carboxylic acid groups (broad SMARTS) is 1. The molecular weight excluding hydrogens is 248 g/mol. The molecule has 0 bridgehead atoms. The lowest BCUT2D eigenvalue weighted by Crippen LogP contribution is -2.19. The van der Waals surface area contributed by atoms with Crippen molar-refractivity contribution in [1.29, 1.82) is 0 Å². The zero-order chi connectivity index (χ0) is 14.0. The Hall–Kier alpha value is -1.43. The fourth-order valence-electron chi connectivity index (χ4n) is 2.43. The van der Waals surface area contributed by atoms with Crippen LogP contribution in [0.3, 0.4) is 0 Å². The summed E-state index contributed by atoms with van der Waals surface area (Å²) in [4.78, 5) is 10.8. The lowest BCUT2D eigenvalue weighted by molar-refractivity contribution is -0.139. The number of aromatic nitrogens is 2. The molecule has 2 rings (SSSR count). The van der Waals surface area contributed by atoms with Crippen LogP contribution in [-0.4, -0.2) is 34.0 Å². The van der Waals surface area contributed by atoms with Gasteiger partial charge in [-0.2, -0.15) is 0 Å². The van der Waals surface area contributed by atoms with E-state index < -0.39 is 11.4 Å². The highest BCUT2D eigenvalue weighted by Crippen LogP contribution is 2.31. The molecule has 0 amide bonds. The molecule has 0 radical (unpaired) electrons. The Balaban J connectivity index is 2.03. The average molecular weight is 268 g/mol. The van der Waals surface area contributed by atoms with Gasteiger partial charge in [-0.25, -0.2) is 0 Å². The zero-order valence-corrected chi connectivity index (χ0v) is 11.5. The molecule has 19 heavy (non-hydrogen) atoms. The maximum atomic E-state index is 10.8. The summed E-state index contributed by atoms with van der Waals surface area (Å²) in [5, 5.41) is 16.9. The molecule has 1 aliphatic heterocycles. The quantitative estimate of drug-likeness (QED) is 0.879. The summed E-state index contributed by atoms with van der Waals surface area (Å²) in [6.45, 7) is 6.47. The molecule has 1 aromatic heterocycles. The molecule has 2 heterocycles. The number of hydrogen-bond acceptors (Lipinski definition) is 5. The average Bonchev–Trinajstić information content (AvgIpc) is 2.84. The first-order valence-corrected chi connectivity index (χ1v) is 6.53. The van der Waals surface area contributed by atoms with Gasteiger partial charge in [-0.3, -0.25) is 4.79 Å². The molecule has 1 fully saturated rings. The molecule has 0 saturated carbocycles. The number of carboxylic acids is 1. The van der Waals surface area contributed by atoms with E-state index in [-0.39, 0.29) is 18.4 Å². The van der Waals surface area contributed by atoms with E-state index in [1.807, 2.05) is 20.8 Å². The van der Waals surface area contributed by atoms with Crippen LogP contribution >= 0.6 is 0 Å². The highest BCUT2D eigenvalue weighted by atomic mass is 16.5. The first-order chi connectivity index (χ1) is 8.87. The van der Waals surface area contributed by atoms with Gasteiger partial charge in [-0.1, -0.05) is 13.8 Å². The minimum atomic E-state index is -0.817. The highest BCUT2D eigenvalue weighted by Gasteiger charge is 2.31. The van der Waals surface area contributed by atoms with E-state index in [1.165, 1.54) is 0 Å². The molecule has 2 unspecified atom stereocenters. The Morgan fingerprint density at radius 3 is 2.79 bits per heavy atom. The van der Waals surface area contributed by atoms with Crippen molar-refractivity contribution in [2.45, 2.75) is 52.1 Å². The van der Waals surface area contributed by atoms with Crippen molar-refractivity contribution in [1.82, 2.24) is 10.2 Å². The first kappa shape index (κ1) is 14.0. The van der Waals surface area contributed by atoms with Crippen molar-refractivity contribution in [2.24, 2.45) is 5.41 Å². The largest absolute Gasteiger partial charge is 0.481 e. The SMILES string of the molecule is CC1OCCC1c1nnc(CC(C)(C)CC(=O)O)o1. The molecule has 0 aromatic carbocycles. The molecule has 2 atom stereocenters. The topological polar surface area (TPSA) is 85.5 Å². The molecule has 1 saturated heterocycles. The van der Waals surface area contributed by atoms with Gasteiger partial charge in [-0.15, -0.1) is 10.2 Å². The number of carbonyl (C=O) groups is 1. The van der Waals surface area contributed by atoms with Gasteiger partial charge in [-0.05, 0) is 18.8 Å². The van der Waals surface area contributed by atoms with Gasteiger partial charge in [0.1, 0.15) is 0 Å². The number of ether oxygens (including phenoxy) is 1. The third-order valence-corrected chi connectivity index (χ3v) is 3.44. The van der Waals surface area contributed by atoms with Crippen LogP contribution in [0.2, 0.25) is 0 Å². The maximum absolute atomic E-state index is 10.8. The lowest BCUT2D eigenvalue weighted by atomic mass is 9.86. The Bertz CT molecular complexity index is 455. The van der Waals surface area contributed by atoms with Crippen LogP contribution in [0.5, 0.6) is 0 Å². The standard InChI is InChI=1S/C13H20N2O4/c1-8-9(4-5-18-8)12-15-14-10(19-12)6-13(2,3)7-11(16)17/h8-9H,4-7H2,1-3H3,(H,16,17). The van der Waals surface area contributed by atoms with Crippen LogP contribution in [0.1, 0.15) is 51.3 Å². The van der Waals surface area contributed by atoms with Crippen LogP contribution in [-0.2, 0) is 16.0 Å². The molecule has 106 valence electrons. The minimum Gasteiger partial charge on any atom is -0.481 e. The summed E-state index contributed by atoms with van der Waals surface area (Å²) >= 11 is 0. The van der Waals surface area contributed by atoms with E-state index in [4.69, 9.17) is 14.3 Å². The van der Waals surface area contributed by atoms with Crippen molar-refractivity contribution in [3.8, 4) is 0 Å². The smallest absolute Gasteiger partial charge is 0.303 e. The molecule has 1 aromatic rings. The summed E-state index contributed by atoms with van der Waals surface area (Å²) in [6.07, 6.45) is 1.53. The van der Waals surface area contributed by atoms with E-state index in [0.29, 0.717) is 24.8 Å². The molecular formula is C13H20N2O4. The summed E-state index contributed by atoms with van der Waals surface area (Å²) in [7, 11) is 0. The van der Waals surface area contributed by atoms with Crippen LogP contribution in [0.25, 0.3) is 0 Å². The van der Waals surface area contributed by atoms with E-state index in [0.717, 1.165) is 6.42 Å². The molecule has 6 nitrogen and oxygen atoms in total. The Kier molecular flexibility index (Phi) is 3.89. The summed E-state index contributed by atoms with van der Waals surface area (Å²) in [5.74, 6) is 0.442. The molecule has 6 heteroatoms. The Morgan fingerprint density at radius 2 is 2.21 bits per heavy atom. The van der Waals surface area contributed by atoms with Crippen molar-refractivity contribution < 1.29 is 19.1 Å². The molecule has 1 aliphatic rings. The van der Waals surface area contributed by atoms with Gasteiger partial charge >= 0.3 is 5.97 Å². The number of nitrogens with zero attached hydrogens (tertiary/aromatic N) is 2. The molecule has 0 aliphatic carbocycles. The maximum Gasteiger partial charge on any atom is 0.303 e. The predicted molar refractivity (Wildman–Crippen MR) is 66.8 cm³/mol. The zero-order valence-electron chi connectivity index (χ0n) is 11.5. The Labute approximate surface area is 112 Å². The molecule has 1 N–H and O–H groups in total.